The van der Waals surface area contributed by atoms with E-state index in [1.165, 1.54) is 12.1 Å². The Morgan fingerprint density at radius 1 is 1.38 bits per heavy atom. The van der Waals surface area contributed by atoms with Crippen LogP contribution in [0.25, 0.3) is 0 Å². The summed E-state index contributed by atoms with van der Waals surface area (Å²) in [5.74, 6) is -1.49. The summed E-state index contributed by atoms with van der Waals surface area (Å²) < 4.78 is 18.6. The van der Waals surface area contributed by atoms with Gasteiger partial charge in [0, 0.05) is 6.07 Å². The van der Waals surface area contributed by atoms with E-state index in [4.69, 9.17) is 9.84 Å². The molecule has 0 unspecified atom stereocenters. The van der Waals surface area contributed by atoms with Crippen LogP contribution in [0.15, 0.2) is 18.2 Å². The van der Waals surface area contributed by atoms with Crippen LogP contribution >= 0.6 is 0 Å². The average Bonchev–Trinajstić information content (AvgIpc) is 2.25. The number of halogens is 1. The van der Waals surface area contributed by atoms with E-state index in [0.29, 0.717) is 0 Å². The predicted molar refractivity (Wildman–Crippen MR) is 58.4 cm³/mol. The molecule has 0 spiro atoms. The van der Waals surface area contributed by atoms with Crippen LogP contribution in [0, 0.1) is 5.82 Å². The van der Waals surface area contributed by atoms with Gasteiger partial charge in [0.05, 0.1) is 11.7 Å². The molecule has 0 amide bonds. The minimum Gasteiger partial charge on any atom is -0.490 e. The Labute approximate surface area is 93.9 Å². The summed E-state index contributed by atoms with van der Waals surface area (Å²) >= 11 is 0. The lowest BCUT2D eigenvalue weighted by Crippen LogP contribution is -2.14. The molecule has 0 heterocycles. The SMILES string of the molecule is CCC(CC)Oc1cc(F)cc(C(=O)O)c1. The van der Waals surface area contributed by atoms with Crippen LogP contribution in [-0.4, -0.2) is 17.2 Å². The first-order chi connectivity index (χ1) is 7.56. The quantitative estimate of drug-likeness (QED) is 0.839. The summed E-state index contributed by atoms with van der Waals surface area (Å²) in [4.78, 5) is 10.7. The minimum atomic E-state index is -1.16. The van der Waals surface area contributed by atoms with E-state index < -0.39 is 11.8 Å². The minimum absolute atomic E-state index is 0.0107. The maximum absolute atomic E-state index is 13.1. The largest absolute Gasteiger partial charge is 0.490 e. The van der Waals surface area contributed by atoms with Gasteiger partial charge in [-0.1, -0.05) is 13.8 Å². The molecule has 1 N–H and O–H groups in total. The standard InChI is InChI=1S/C12H15FO3/c1-3-10(4-2)16-11-6-8(12(14)15)5-9(13)7-11/h5-7,10H,3-4H2,1-2H3,(H,14,15). The molecule has 0 saturated heterocycles. The van der Waals surface area contributed by atoms with Crippen molar-refractivity contribution in [3.63, 3.8) is 0 Å². The molecule has 0 aliphatic heterocycles. The Morgan fingerprint density at radius 3 is 2.50 bits per heavy atom. The molecule has 1 rings (SSSR count). The molecule has 0 bridgehead atoms. The van der Waals surface area contributed by atoms with Crippen LogP contribution in [-0.2, 0) is 0 Å². The van der Waals surface area contributed by atoms with E-state index in [1.54, 1.807) is 0 Å². The molecule has 0 saturated carbocycles. The van der Waals surface area contributed by atoms with Gasteiger partial charge in [-0.05, 0) is 25.0 Å². The molecule has 0 aliphatic rings. The number of hydrogen-bond acceptors (Lipinski definition) is 2. The number of carbonyl (C=O) groups is 1. The van der Waals surface area contributed by atoms with Crippen molar-refractivity contribution in [2.75, 3.05) is 0 Å². The molecule has 4 heteroatoms. The predicted octanol–water partition coefficient (Wildman–Crippen LogP) is 3.09. The van der Waals surface area contributed by atoms with Crippen LogP contribution in [0.2, 0.25) is 0 Å². The fourth-order valence-electron chi connectivity index (χ4n) is 1.40. The summed E-state index contributed by atoms with van der Waals surface area (Å²) in [6, 6.07) is 3.51. The van der Waals surface area contributed by atoms with Crippen molar-refractivity contribution >= 4 is 5.97 Å². The fraction of sp³-hybridized carbons (Fsp3) is 0.417. The monoisotopic (exact) mass is 226 g/mol. The first kappa shape index (κ1) is 12.5. The smallest absolute Gasteiger partial charge is 0.335 e. The second-order valence-electron chi connectivity index (χ2n) is 3.54. The lowest BCUT2D eigenvalue weighted by Gasteiger charge is -2.15. The van der Waals surface area contributed by atoms with Crippen molar-refractivity contribution in [2.45, 2.75) is 32.8 Å². The highest BCUT2D eigenvalue weighted by molar-refractivity contribution is 5.88. The molecule has 0 fully saturated rings. The molecule has 16 heavy (non-hydrogen) atoms. The highest BCUT2D eigenvalue weighted by Gasteiger charge is 2.10. The highest BCUT2D eigenvalue weighted by Crippen LogP contribution is 2.19. The maximum atomic E-state index is 13.1. The molecule has 88 valence electrons. The third-order valence-corrected chi connectivity index (χ3v) is 2.33. The van der Waals surface area contributed by atoms with Crippen LogP contribution in [0.3, 0.4) is 0 Å². The third-order valence-electron chi connectivity index (χ3n) is 2.33. The van der Waals surface area contributed by atoms with E-state index in [2.05, 4.69) is 0 Å². The van der Waals surface area contributed by atoms with Gasteiger partial charge < -0.3 is 9.84 Å². The molecular weight excluding hydrogens is 211 g/mol. The molecule has 3 nitrogen and oxygen atoms in total. The van der Waals surface area contributed by atoms with Gasteiger partial charge in [0.1, 0.15) is 11.6 Å². The van der Waals surface area contributed by atoms with Gasteiger partial charge in [0.15, 0.2) is 0 Å². The Balaban J connectivity index is 2.91. The van der Waals surface area contributed by atoms with Crippen molar-refractivity contribution in [3.8, 4) is 5.75 Å². The second kappa shape index (κ2) is 5.49. The molecular formula is C12H15FO3. The summed E-state index contributed by atoms with van der Waals surface area (Å²) in [5, 5.41) is 8.76. The average molecular weight is 226 g/mol. The summed E-state index contributed by atoms with van der Waals surface area (Å²) in [5.41, 5.74) is -0.0963. The Bertz CT molecular complexity index is 373. The van der Waals surface area contributed by atoms with E-state index in [0.717, 1.165) is 18.9 Å². The zero-order valence-electron chi connectivity index (χ0n) is 9.37. The summed E-state index contributed by atoms with van der Waals surface area (Å²) in [6.45, 7) is 3.93. The number of carboxylic acids is 1. The number of carboxylic acid groups (broad SMARTS) is 1. The van der Waals surface area contributed by atoms with Crippen molar-refractivity contribution in [1.29, 1.82) is 0 Å². The highest BCUT2D eigenvalue weighted by atomic mass is 19.1. The van der Waals surface area contributed by atoms with E-state index in [1.807, 2.05) is 13.8 Å². The van der Waals surface area contributed by atoms with E-state index in [-0.39, 0.29) is 17.4 Å². The lowest BCUT2D eigenvalue weighted by atomic mass is 10.2. The lowest BCUT2D eigenvalue weighted by molar-refractivity contribution is 0.0695. The van der Waals surface area contributed by atoms with Gasteiger partial charge in [0.2, 0.25) is 0 Å². The third kappa shape index (κ3) is 3.22. The Morgan fingerprint density at radius 2 is 2.00 bits per heavy atom. The molecule has 0 aromatic heterocycles. The first-order valence-corrected chi connectivity index (χ1v) is 5.27. The Hall–Kier alpha value is -1.58. The van der Waals surface area contributed by atoms with Crippen molar-refractivity contribution in [2.24, 2.45) is 0 Å². The van der Waals surface area contributed by atoms with Crippen molar-refractivity contribution in [1.82, 2.24) is 0 Å². The van der Waals surface area contributed by atoms with Gasteiger partial charge in [-0.25, -0.2) is 9.18 Å². The van der Waals surface area contributed by atoms with Gasteiger partial charge in [0.25, 0.3) is 0 Å². The van der Waals surface area contributed by atoms with Gasteiger partial charge in [-0.15, -0.1) is 0 Å². The summed E-state index contributed by atoms with van der Waals surface area (Å²) in [7, 11) is 0. The van der Waals surface area contributed by atoms with Crippen molar-refractivity contribution in [3.05, 3.63) is 29.6 Å². The summed E-state index contributed by atoms with van der Waals surface area (Å²) in [6.07, 6.45) is 1.59. The zero-order chi connectivity index (χ0) is 12.1. The molecule has 1 aromatic rings. The van der Waals surface area contributed by atoms with Crippen LogP contribution in [0.4, 0.5) is 4.39 Å². The van der Waals surface area contributed by atoms with Crippen LogP contribution in [0.1, 0.15) is 37.0 Å². The topological polar surface area (TPSA) is 46.5 Å². The van der Waals surface area contributed by atoms with Gasteiger partial charge in [-0.3, -0.25) is 0 Å². The van der Waals surface area contributed by atoms with E-state index in [9.17, 15) is 9.18 Å². The first-order valence-electron chi connectivity index (χ1n) is 5.27. The molecule has 0 radical (unpaired) electrons. The maximum Gasteiger partial charge on any atom is 0.335 e. The number of hydrogen-bond donors (Lipinski definition) is 1. The second-order valence-corrected chi connectivity index (χ2v) is 3.54. The zero-order valence-corrected chi connectivity index (χ0v) is 9.37. The van der Waals surface area contributed by atoms with Gasteiger partial charge >= 0.3 is 5.97 Å². The number of benzene rings is 1. The number of aromatic carboxylic acids is 1. The van der Waals surface area contributed by atoms with E-state index >= 15 is 0 Å². The molecule has 0 atom stereocenters. The number of rotatable bonds is 5. The number of ether oxygens (including phenoxy) is 1. The Kier molecular flexibility index (Phi) is 4.28. The molecule has 0 aliphatic carbocycles. The molecule has 1 aromatic carbocycles. The normalized spacial score (nSPS) is 10.5. The van der Waals surface area contributed by atoms with Crippen LogP contribution < -0.4 is 4.74 Å². The fourth-order valence-corrected chi connectivity index (χ4v) is 1.40. The van der Waals surface area contributed by atoms with Crippen molar-refractivity contribution < 1.29 is 19.0 Å². The van der Waals surface area contributed by atoms with Gasteiger partial charge in [-0.2, -0.15) is 0 Å². The van der Waals surface area contributed by atoms with Crippen LogP contribution in [0.5, 0.6) is 5.75 Å².